The second-order valence-electron chi connectivity index (χ2n) is 10.9. The van der Waals surface area contributed by atoms with E-state index >= 15 is 0 Å². The molecule has 7 N–H and O–H groups in total. The second kappa shape index (κ2) is 15.2. The number of nitrogens with zero attached hydrogens (tertiary/aromatic N) is 3. The van der Waals surface area contributed by atoms with Crippen molar-refractivity contribution in [3.8, 4) is 22.9 Å². The van der Waals surface area contributed by atoms with Crippen LogP contribution in [0.25, 0.3) is 22.4 Å². The van der Waals surface area contributed by atoms with Crippen LogP contribution in [-0.2, 0) is 9.53 Å². The van der Waals surface area contributed by atoms with Crippen molar-refractivity contribution in [3.63, 3.8) is 0 Å². The molecule has 45 heavy (non-hydrogen) atoms. The lowest BCUT2D eigenvalue weighted by Crippen LogP contribution is -2.38. The zero-order chi connectivity index (χ0) is 31.6. The van der Waals surface area contributed by atoms with Gasteiger partial charge in [0.15, 0.2) is 5.96 Å². The fourth-order valence-electron chi connectivity index (χ4n) is 5.43. The summed E-state index contributed by atoms with van der Waals surface area (Å²) in [7, 11) is 0. The van der Waals surface area contributed by atoms with E-state index in [1.807, 2.05) is 65.2 Å². The lowest BCUT2D eigenvalue weighted by Gasteiger charge is -2.26. The number of rotatable bonds is 14. The van der Waals surface area contributed by atoms with E-state index in [4.69, 9.17) is 31.3 Å². The Morgan fingerprint density at radius 3 is 2.44 bits per heavy atom. The molecule has 0 saturated carbocycles. The van der Waals surface area contributed by atoms with Crippen LogP contribution in [0, 0.1) is 5.41 Å². The Kier molecular flexibility index (Phi) is 10.6. The predicted octanol–water partition coefficient (Wildman–Crippen LogP) is 3.24. The molecule has 0 aliphatic carbocycles. The zero-order valence-corrected chi connectivity index (χ0v) is 25.2. The smallest absolute Gasteiger partial charge is 0.251 e. The molecule has 1 saturated heterocycles. The number of amides is 2. The summed E-state index contributed by atoms with van der Waals surface area (Å²) in [5.41, 5.74) is 13.8. The molecule has 1 aromatic heterocycles. The first-order valence-corrected chi connectivity index (χ1v) is 15.2. The number of fused-ring (bicyclic) bond motifs is 1. The molecule has 1 aliphatic rings. The average Bonchev–Trinajstić information content (AvgIpc) is 3.42. The quantitative estimate of drug-likeness (QED) is 0.0820. The van der Waals surface area contributed by atoms with E-state index < -0.39 is 11.9 Å². The van der Waals surface area contributed by atoms with Gasteiger partial charge < -0.3 is 36.1 Å². The Bertz CT molecular complexity index is 1620. The summed E-state index contributed by atoms with van der Waals surface area (Å²) in [4.78, 5) is 33.2. The number of morpholine rings is 1. The van der Waals surface area contributed by atoms with Gasteiger partial charge in [0, 0.05) is 37.3 Å². The number of benzene rings is 3. The SMILES string of the molecule is N=C(N)NCCCC(C(N)=O)n1c(-c2cccc(Oc3ccccc3)c2)nc2cc(C(=O)NCCCN3CCOCC3)ccc21. The molecule has 1 fully saturated rings. The van der Waals surface area contributed by atoms with Crippen LogP contribution in [-0.4, -0.2) is 78.2 Å². The highest BCUT2D eigenvalue weighted by Gasteiger charge is 2.25. The molecule has 0 spiro atoms. The van der Waals surface area contributed by atoms with E-state index in [-0.39, 0.29) is 11.9 Å². The maximum atomic E-state index is 13.1. The standard InChI is InChI=1S/C33H40N8O4/c34-30(42)29(11-5-14-38-33(35)36)41-28-13-12-24(32(43)37-15-6-16-40-17-19-44-20-18-40)22-27(28)39-31(41)23-7-4-10-26(21-23)45-25-8-2-1-3-9-25/h1-4,7-10,12-13,21-22,29H,5-6,11,14-20H2,(H2,34,42)(H,37,43)(H4,35,36,38). The van der Waals surface area contributed by atoms with Crippen LogP contribution in [0.1, 0.15) is 35.7 Å². The van der Waals surface area contributed by atoms with E-state index in [1.165, 1.54) is 0 Å². The van der Waals surface area contributed by atoms with E-state index in [1.54, 1.807) is 12.1 Å². The van der Waals surface area contributed by atoms with Gasteiger partial charge in [0.25, 0.3) is 5.91 Å². The molecule has 2 amide bonds. The molecule has 12 nitrogen and oxygen atoms in total. The first-order chi connectivity index (χ1) is 21.9. The molecular weight excluding hydrogens is 572 g/mol. The fraction of sp³-hybridized carbons (Fsp3) is 0.333. The number of ether oxygens (including phenoxy) is 2. The van der Waals surface area contributed by atoms with Gasteiger partial charge in [-0.15, -0.1) is 0 Å². The highest BCUT2D eigenvalue weighted by Crippen LogP contribution is 2.33. The van der Waals surface area contributed by atoms with Gasteiger partial charge in [-0.3, -0.25) is 19.9 Å². The maximum Gasteiger partial charge on any atom is 0.251 e. The number of carbonyl (C=O) groups is 2. The Morgan fingerprint density at radius 1 is 0.933 bits per heavy atom. The number of nitrogens with one attached hydrogen (secondary N) is 3. The highest BCUT2D eigenvalue weighted by molar-refractivity contribution is 5.98. The summed E-state index contributed by atoms with van der Waals surface area (Å²) in [6.45, 7) is 5.19. The largest absolute Gasteiger partial charge is 0.457 e. The van der Waals surface area contributed by atoms with Crippen molar-refractivity contribution in [2.24, 2.45) is 11.5 Å². The number of aromatic nitrogens is 2. The summed E-state index contributed by atoms with van der Waals surface area (Å²) < 4.78 is 13.3. The maximum absolute atomic E-state index is 13.1. The third-order valence-electron chi connectivity index (χ3n) is 7.67. The van der Waals surface area contributed by atoms with Crippen molar-refractivity contribution in [1.29, 1.82) is 5.41 Å². The van der Waals surface area contributed by atoms with Crippen molar-refractivity contribution in [1.82, 2.24) is 25.1 Å². The van der Waals surface area contributed by atoms with Crippen LogP contribution in [0.5, 0.6) is 11.5 Å². The van der Waals surface area contributed by atoms with Crippen molar-refractivity contribution in [2.75, 3.05) is 45.9 Å². The normalized spacial score (nSPS) is 14.1. The van der Waals surface area contributed by atoms with E-state index in [2.05, 4.69) is 15.5 Å². The number of nitrogens with two attached hydrogens (primary N) is 2. The summed E-state index contributed by atoms with van der Waals surface area (Å²) >= 11 is 0. The molecule has 236 valence electrons. The third kappa shape index (κ3) is 8.37. The first-order valence-electron chi connectivity index (χ1n) is 15.2. The molecule has 1 aliphatic heterocycles. The number of hydrogen-bond acceptors (Lipinski definition) is 7. The van der Waals surface area contributed by atoms with Gasteiger partial charge in [0.1, 0.15) is 23.4 Å². The van der Waals surface area contributed by atoms with E-state index in [0.717, 1.165) is 44.8 Å². The van der Waals surface area contributed by atoms with Gasteiger partial charge in [-0.05, 0) is 68.3 Å². The molecule has 3 aromatic carbocycles. The van der Waals surface area contributed by atoms with Crippen LogP contribution in [0.4, 0.5) is 0 Å². The topological polar surface area (TPSA) is 174 Å². The van der Waals surface area contributed by atoms with Crippen LogP contribution >= 0.6 is 0 Å². The Balaban J connectivity index is 1.42. The molecule has 2 heterocycles. The minimum absolute atomic E-state index is 0.137. The molecular formula is C33H40N8O4. The molecule has 12 heteroatoms. The first kappa shape index (κ1) is 31.5. The van der Waals surface area contributed by atoms with Crippen molar-refractivity contribution in [3.05, 3.63) is 78.4 Å². The zero-order valence-electron chi connectivity index (χ0n) is 25.2. The van der Waals surface area contributed by atoms with Gasteiger partial charge in [-0.25, -0.2) is 4.98 Å². The number of carbonyl (C=O) groups excluding carboxylic acids is 2. The van der Waals surface area contributed by atoms with Crippen LogP contribution < -0.4 is 26.8 Å². The van der Waals surface area contributed by atoms with Crippen LogP contribution in [0.15, 0.2) is 72.8 Å². The fourth-order valence-corrected chi connectivity index (χ4v) is 5.43. The predicted molar refractivity (Wildman–Crippen MR) is 173 cm³/mol. The van der Waals surface area contributed by atoms with Crippen molar-refractivity contribution >= 4 is 28.8 Å². The molecule has 1 unspecified atom stereocenters. The Hall–Kier alpha value is -4.94. The Labute approximate surface area is 262 Å². The average molecular weight is 613 g/mol. The summed E-state index contributed by atoms with van der Waals surface area (Å²) in [6.07, 6.45) is 1.76. The molecule has 0 radical (unpaired) electrons. The van der Waals surface area contributed by atoms with Gasteiger partial charge in [0.2, 0.25) is 5.91 Å². The third-order valence-corrected chi connectivity index (χ3v) is 7.67. The van der Waals surface area contributed by atoms with Gasteiger partial charge in [-0.2, -0.15) is 0 Å². The summed E-state index contributed by atoms with van der Waals surface area (Å²) in [6, 6.07) is 21.5. The number of imidazole rings is 1. The summed E-state index contributed by atoms with van der Waals surface area (Å²) in [5, 5.41) is 13.2. The van der Waals surface area contributed by atoms with Gasteiger partial charge in [-0.1, -0.05) is 30.3 Å². The number of para-hydroxylation sites is 1. The number of guanidine groups is 1. The van der Waals surface area contributed by atoms with Crippen LogP contribution in [0.2, 0.25) is 0 Å². The monoisotopic (exact) mass is 612 g/mol. The lowest BCUT2D eigenvalue weighted by molar-refractivity contribution is -0.121. The van der Waals surface area contributed by atoms with E-state index in [9.17, 15) is 9.59 Å². The van der Waals surface area contributed by atoms with Crippen LogP contribution in [0.3, 0.4) is 0 Å². The highest BCUT2D eigenvalue weighted by atomic mass is 16.5. The number of hydrogen-bond donors (Lipinski definition) is 5. The van der Waals surface area contributed by atoms with Crippen molar-refractivity contribution in [2.45, 2.75) is 25.3 Å². The molecule has 4 aromatic rings. The van der Waals surface area contributed by atoms with Gasteiger partial charge in [0.05, 0.1) is 24.2 Å². The van der Waals surface area contributed by atoms with E-state index in [0.29, 0.717) is 59.9 Å². The number of primary amides is 1. The Morgan fingerprint density at radius 2 is 1.69 bits per heavy atom. The molecule has 1 atom stereocenters. The summed E-state index contributed by atoms with van der Waals surface area (Å²) in [5.74, 6) is 0.982. The minimum Gasteiger partial charge on any atom is -0.457 e. The van der Waals surface area contributed by atoms with Gasteiger partial charge >= 0.3 is 0 Å². The molecule has 5 rings (SSSR count). The second-order valence-corrected chi connectivity index (χ2v) is 10.9. The minimum atomic E-state index is -0.739. The molecule has 0 bridgehead atoms. The van der Waals surface area contributed by atoms with Crippen molar-refractivity contribution < 1.29 is 19.1 Å². The lowest BCUT2D eigenvalue weighted by atomic mass is 10.1.